The zero-order valence-electron chi connectivity index (χ0n) is 15.9. The number of hydrogen-bond acceptors (Lipinski definition) is 4. The standard InChI is InChI=1S/C23H22N2O3/c1-27-21-12-11-17(15-22(21)28-2)23(26)24-18-8-4-6-10-20(18)25-14-13-16-7-3-5-9-19(16)25/h3-12,15H,13-14H2,1-2H3,(H,24,26). The molecule has 0 bridgehead atoms. The van der Waals surface area contributed by atoms with Gasteiger partial charge in [-0.3, -0.25) is 4.79 Å². The summed E-state index contributed by atoms with van der Waals surface area (Å²) in [6, 6.07) is 21.4. The van der Waals surface area contributed by atoms with Crippen molar-refractivity contribution in [1.82, 2.24) is 0 Å². The van der Waals surface area contributed by atoms with Gasteiger partial charge in [-0.1, -0.05) is 30.3 Å². The summed E-state index contributed by atoms with van der Waals surface area (Å²) >= 11 is 0. The molecular weight excluding hydrogens is 352 g/mol. The number of nitrogens with one attached hydrogen (secondary N) is 1. The molecule has 1 N–H and O–H groups in total. The Balaban J connectivity index is 1.63. The van der Waals surface area contributed by atoms with E-state index in [-0.39, 0.29) is 5.91 Å². The average molecular weight is 374 g/mol. The number of methoxy groups -OCH3 is 2. The van der Waals surface area contributed by atoms with Gasteiger partial charge in [-0.15, -0.1) is 0 Å². The molecule has 0 saturated heterocycles. The first-order chi connectivity index (χ1) is 13.7. The number of carbonyl (C=O) groups excluding carboxylic acids is 1. The molecule has 1 amide bonds. The molecule has 5 heteroatoms. The summed E-state index contributed by atoms with van der Waals surface area (Å²) < 4.78 is 10.6. The molecule has 0 atom stereocenters. The van der Waals surface area contributed by atoms with Crippen LogP contribution in [0.2, 0.25) is 0 Å². The maximum Gasteiger partial charge on any atom is 0.255 e. The average Bonchev–Trinajstić information content (AvgIpc) is 3.17. The third-order valence-corrected chi connectivity index (χ3v) is 4.98. The first-order valence-electron chi connectivity index (χ1n) is 9.19. The number of para-hydroxylation sites is 3. The topological polar surface area (TPSA) is 50.8 Å². The summed E-state index contributed by atoms with van der Waals surface area (Å²) in [7, 11) is 3.13. The normalized spacial score (nSPS) is 12.4. The molecule has 4 rings (SSSR count). The van der Waals surface area contributed by atoms with Gasteiger partial charge in [-0.2, -0.15) is 0 Å². The van der Waals surface area contributed by atoms with Crippen LogP contribution in [0.15, 0.2) is 66.7 Å². The van der Waals surface area contributed by atoms with E-state index in [1.54, 1.807) is 32.4 Å². The Bertz CT molecular complexity index is 1020. The number of carbonyl (C=O) groups is 1. The fourth-order valence-electron chi connectivity index (χ4n) is 3.58. The quantitative estimate of drug-likeness (QED) is 0.706. The summed E-state index contributed by atoms with van der Waals surface area (Å²) in [6.45, 7) is 0.891. The van der Waals surface area contributed by atoms with Crippen molar-refractivity contribution in [2.45, 2.75) is 6.42 Å². The van der Waals surface area contributed by atoms with Crippen molar-refractivity contribution in [2.24, 2.45) is 0 Å². The Morgan fingerprint density at radius 2 is 1.61 bits per heavy atom. The molecule has 0 aliphatic carbocycles. The summed E-state index contributed by atoms with van der Waals surface area (Å²) in [5.74, 6) is 0.922. The molecule has 0 saturated carbocycles. The Morgan fingerprint density at radius 3 is 2.39 bits per heavy atom. The fourth-order valence-corrected chi connectivity index (χ4v) is 3.58. The highest BCUT2D eigenvalue weighted by Crippen LogP contribution is 2.38. The van der Waals surface area contributed by atoms with Crippen LogP contribution in [0.5, 0.6) is 11.5 Å². The van der Waals surface area contributed by atoms with Gasteiger partial charge in [0.1, 0.15) is 0 Å². The Hall–Kier alpha value is -3.47. The van der Waals surface area contributed by atoms with Crippen molar-refractivity contribution in [2.75, 3.05) is 31.0 Å². The van der Waals surface area contributed by atoms with Crippen LogP contribution in [-0.4, -0.2) is 26.7 Å². The molecule has 0 radical (unpaired) electrons. The number of hydrogen-bond donors (Lipinski definition) is 1. The number of nitrogens with zero attached hydrogens (tertiary/aromatic N) is 1. The minimum atomic E-state index is -0.194. The molecule has 0 aromatic heterocycles. The van der Waals surface area contributed by atoms with Crippen LogP contribution >= 0.6 is 0 Å². The SMILES string of the molecule is COc1ccc(C(=O)Nc2ccccc2N2CCc3ccccc32)cc1OC. The van der Waals surface area contributed by atoms with Gasteiger partial charge in [0.2, 0.25) is 0 Å². The predicted octanol–water partition coefficient (Wildman–Crippen LogP) is 4.65. The van der Waals surface area contributed by atoms with Crippen molar-refractivity contribution >= 4 is 23.0 Å². The molecule has 1 aliphatic heterocycles. The second kappa shape index (κ2) is 7.64. The van der Waals surface area contributed by atoms with E-state index in [1.165, 1.54) is 11.3 Å². The van der Waals surface area contributed by atoms with Crippen molar-refractivity contribution < 1.29 is 14.3 Å². The molecule has 0 unspecified atom stereocenters. The van der Waals surface area contributed by atoms with Gasteiger partial charge in [0.15, 0.2) is 11.5 Å². The zero-order chi connectivity index (χ0) is 19.5. The zero-order valence-corrected chi connectivity index (χ0v) is 15.9. The van der Waals surface area contributed by atoms with Crippen molar-refractivity contribution in [3.05, 3.63) is 77.9 Å². The molecular formula is C23H22N2O3. The number of benzene rings is 3. The molecule has 28 heavy (non-hydrogen) atoms. The molecule has 0 fully saturated rings. The van der Waals surface area contributed by atoms with E-state index in [9.17, 15) is 4.79 Å². The van der Waals surface area contributed by atoms with Gasteiger partial charge in [0.25, 0.3) is 5.91 Å². The Labute approximate surface area is 164 Å². The maximum absolute atomic E-state index is 12.9. The molecule has 3 aromatic rings. The van der Waals surface area contributed by atoms with Crippen LogP contribution in [0.1, 0.15) is 15.9 Å². The van der Waals surface area contributed by atoms with E-state index in [0.717, 1.165) is 24.3 Å². The summed E-state index contributed by atoms with van der Waals surface area (Å²) in [6.07, 6.45) is 0.994. The van der Waals surface area contributed by atoms with E-state index in [0.29, 0.717) is 17.1 Å². The second-order valence-electron chi connectivity index (χ2n) is 6.57. The summed E-state index contributed by atoms with van der Waals surface area (Å²) in [5, 5.41) is 3.05. The third-order valence-electron chi connectivity index (χ3n) is 4.98. The van der Waals surface area contributed by atoms with Gasteiger partial charge in [-0.05, 0) is 48.4 Å². The minimum Gasteiger partial charge on any atom is -0.493 e. The monoisotopic (exact) mass is 374 g/mol. The fraction of sp³-hybridized carbons (Fsp3) is 0.174. The van der Waals surface area contributed by atoms with E-state index >= 15 is 0 Å². The number of fused-ring (bicyclic) bond motifs is 1. The predicted molar refractivity (Wildman–Crippen MR) is 111 cm³/mol. The number of anilines is 3. The van der Waals surface area contributed by atoms with Gasteiger partial charge in [0, 0.05) is 17.8 Å². The van der Waals surface area contributed by atoms with Gasteiger partial charge in [-0.25, -0.2) is 0 Å². The van der Waals surface area contributed by atoms with Crippen LogP contribution in [0.3, 0.4) is 0 Å². The van der Waals surface area contributed by atoms with Crippen LogP contribution in [0.25, 0.3) is 0 Å². The highest BCUT2D eigenvalue weighted by molar-refractivity contribution is 6.06. The van der Waals surface area contributed by atoms with Crippen molar-refractivity contribution in [3.8, 4) is 11.5 Å². The molecule has 3 aromatic carbocycles. The molecule has 1 heterocycles. The molecule has 0 spiro atoms. The van der Waals surface area contributed by atoms with Gasteiger partial charge in [0.05, 0.1) is 25.6 Å². The first-order valence-corrected chi connectivity index (χ1v) is 9.19. The highest BCUT2D eigenvalue weighted by atomic mass is 16.5. The van der Waals surface area contributed by atoms with Gasteiger partial charge < -0.3 is 19.7 Å². The summed E-state index contributed by atoms with van der Waals surface area (Å²) in [4.78, 5) is 15.1. The maximum atomic E-state index is 12.9. The molecule has 142 valence electrons. The lowest BCUT2D eigenvalue weighted by Gasteiger charge is -2.23. The van der Waals surface area contributed by atoms with Gasteiger partial charge >= 0.3 is 0 Å². The molecule has 5 nitrogen and oxygen atoms in total. The number of rotatable bonds is 5. The van der Waals surface area contributed by atoms with E-state index in [4.69, 9.17) is 9.47 Å². The van der Waals surface area contributed by atoms with Crippen molar-refractivity contribution in [3.63, 3.8) is 0 Å². The van der Waals surface area contributed by atoms with E-state index < -0.39 is 0 Å². The van der Waals surface area contributed by atoms with Crippen LogP contribution in [0.4, 0.5) is 17.1 Å². The second-order valence-corrected chi connectivity index (χ2v) is 6.57. The molecule has 1 aliphatic rings. The Kier molecular flexibility index (Phi) is 4.89. The number of ether oxygens (including phenoxy) is 2. The highest BCUT2D eigenvalue weighted by Gasteiger charge is 2.22. The van der Waals surface area contributed by atoms with Crippen LogP contribution in [-0.2, 0) is 6.42 Å². The summed E-state index contributed by atoms with van der Waals surface area (Å²) in [5.41, 5.74) is 4.79. The Morgan fingerprint density at radius 1 is 0.893 bits per heavy atom. The van der Waals surface area contributed by atoms with Crippen LogP contribution < -0.4 is 19.7 Å². The third kappa shape index (κ3) is 3.27. The van der Waals surface area contributed by atoms with E-state index in [1.807, 2.05) is 30.3 Å². The minimum absolute atomic E-state index is 0.194. The lowest BCUT2D eigenvalue weighted by molar-refractivity contribution is 0.102. The first kappa shape index (κ1) is 17.9. The largest absolute Gasteiger partial charge is 0.493 e. The van der Waals surface area contributed by atoms with Crippen molar-refractivity contribution in [1.29, 1.82) is 0 Å². The lowest BCUT2D eigenvalue weighted by atomic mass is 10.1. The lowest BCUT2D eigenvalue weighted by Crippen LogP contribution is -2.18. The van der Waals surface area contributed by atoms with E-state index in [2.05, 4.69) is 28.4 Å². The van der Waals surface area contributed by atoms with Crippen LogP contribution in [0, 0.1) is 0 Å². The number of amides is 1. The smallest absolute Gasteiger partial charge is 0.255 e.